The fraction of sp³-hybridized carbons (Fsp3) is 0.375. The van der Waals surface area contributed by atoms with E-state index in [1.807, 2.05) is 17.5 Å². The standard InChI is InChI=1S/C8H11NOS/c1-9-7(6-10)5-8-3-2-4-11-8/h2-4,6-7,9H,5H2,1H3/t7-/m1/s1. The number of likely N-dealkylation sites (N-methyl/N-ethyl adjacent to an activating group) is 1. The summed E-state index contributed by atoms with van der Waals surface area (Å²) in [6.07, 6.45) is 1.75. The van der Waals surface area contributed by atoms with Crippen LogP contribution >= 0.6 is 11.3 Å². The molecule has 1 atom stereocenters. The first-order valence-electron chi connectivity index (χ1n) is 3.51. The number of hydrogen-bond acceptors (Lipinski definition) is 3. The van der Waals surface area contributed by atoms with E-state index in [0.717, 1.165) is 12.7 Å². The van der Waals surface area contributed by atoms with Crippen LogP contribution in [0, 0.1) is 0 Å². The van der Waals surface area contributed by atoms with Crippen LogP contribution in [-0.4, -0.2) is 19.4 Å². The SMILES string of the molecule is CN[C@@H](C=O)Cc1cccs1. The van der Waals surface area contributed by atoms with Crippen molar-refractivity contribution in [3.05, 3.63) is 22.4 Å². The lowest BCUT2D eigenvalue weighted by Gasteiger charge is -2.05. The van der Waals surface area contributed by atoms with Gasteiger partial charge < -0.3 is 10.1 Å². The molecule has 2 nitrogen and oxygen atoms in total. The second-order valence-corrected chi connectivity index (χ2v) is 3.35. The highest BCUT2D eigenvalue weighted by Crippen LogP contribution is 2.09. The highest BCUT2D eigenvalue weighted by Gasteiger charge is 2.04. The zero-order chi connectivity index (χ0) is 8.10. The number of hydrogen-bond donors (Lipinski definition) is 1. The Kier molecular flexibility index (Phi) is 3.26. The average molecular weight is 169 g/mol. The van der Waals surface area contributed by atoms with Gasteiger partial charge in [-0.1, -0.05) is 6.07 Å². The minimum atomic E-state index is -0.0337. The van der Waals surface area contributed by atoms with Gasteiger partial charge in [-0.15, -0.1) is 11.3 Å². The second kappa shape index (κ2) is 4.26. The predicted molar refractivity (Wildman–Crippen MR) is 46.9 cm³/mol. The molecular formula is C8H11NOS. The highest BCUT2D eigenvalue weighted by atomic mass is 32.1. The zero-order valence-corrected chi connectivity index (χ0v) is 7.23. The number of aldehydes is 1. The van der Waals surface area contributed by atoms with E-state index in [4.69, 9.17) is 0 Å². The fourth-order valence-corrected chi connectivity index (χ4v) is 1.63. The van der Waals surface area contributed by atoms with Crippen molar-refractivity contribution in [2.75, 3.05) is 7.05 Å². The molecule has 0 saturated heterocycles. The van der Waals surface area contributed by atoms with Gasteiger partial charge in [-0.05, 0) is 18.5 Å². The van der Waals surface area contributed by atoms with Crippen LogP contribution in [0.4, 0.5) is 0 Å². The van der Waals surface area contributed by atoms with Gasteiger partial charge in [-0.25, -0.2) is 0 Å². The third-order valence-electron chi connectivity index (χ3n) is 1.54. The van der Waals surface area contributed by atoms with Crippen LogP contribution in [0.15, 0.2) is 17.5 Å². The van der Waals surface area contributed by atoms with Gasteiger partial charge in [0.25, 0.3) is 0 Å². The predicted octanol–water partition coefficient (Wildman–Crippen LogP) is 1.08. The maximum absolute atomic E-state index is 10.4. The molecule has 0 fully saturated rings. The van der Waals surface area contributed by atoms with Gasteiger partial charge in [-0.3, -0.25) is 0 Å². The number of nitrogens with one attached hydrogen (secondary N) is 1. The summed E-state index contributed by atoms with van der Waals surface area (Å²) >= 11 is 1.68. The van der Waals surface area contributed by atoms with E-state index in [1.165, 1.54) is 4.88 Å². The van der Waals surface area contributed by atoms with Crippen molar-refractivity contribution in [3.8, 4) is 0 Å². The van der Waals surface area contributed by atoms with E-state index in [-0.39, 0.29) is 6.04 Å². The average Bonchev–Trinajstić information content (AvgIpc) is 2.52. The van der Waals surface area contributed by atoms with Crippen molar-refractivity contribution >= 4 is 17.6 Å². The van der Waals surface area contributed by atoms with Crippen LogP contribution in [0.5, 0.6) is 0 Å². The van der Waals surface area contributed by atoms with Gasteiger partial charge in [0.05, 0.1) is 6.04 Å². The molecule has 1 rings (SSSR count). The zero-order valence-electron chi connectivity index (χ0n) is 6.41. The first-order chi connectivity index (χ1) is 5.36. The molecule has 11 heavy (non-hydrogen) atoms. The van der Waals surface area contributed by atoms with Crippen LogP contribution in [0.2, 0.25) is 0 Å². The smallest absolute Gasteiger partial charge is 0.137 e. The largest absolute Gasteiger partial charge is 0.310 e. The van der Waals surface area contributed by atoms with E-state index < -0.39 is 0 Å². The van der Waals surface area contributed by atoms with Gasteiger partial charge in [0.15, 0.2) is 0 Å². The van der Waals surface area contributed by atoms with Gasteiger partial charge in [0, 0.05) is 11.3 Å². The van der Waals surface area contributed by atoms with Crippen LogP contribution in [0.1, 0.15) is 4.88 Å². The third kappa shape index (κ3) is 2.44. The van der Waals surface area contributed by atoms with E-state index in [2.05, 4.69) is 5.32 Å². The van der Waals surface area contributed by atoms with E-state index in [1.54, 1.807) is 18.4 Å². The quantitative estimate of drug-likeness (QED) is 0.683. The van der Waals surface area contributed by atoms with Gasteiger partial charge in [0.1, 0.15) is 6.29 Å². The Morgan fingerprint density at radius 2 is 2.64 bits per heavy atom. The number of thiophene rings is 1. The summed E-state index contributed by atoms with van der Waals surface area (Å²) in [7, 11) is 1.80. The number of rotatable bonds is 4. The molecule has 0 aliphatic carbocycles. The second-order valence-electron chi connectivity index (χ2n) is 2.31. The van der Waals surface area contributed by atoms with Gasteiger partial charge in [0.2, 0.25) is 0 Å². The third-order valence-corrected chi connectivity index (χ3v) is 2.43. The van der Waals surface area contributed by atoms with Crippen molar-refractivity contribution in [2.24, 2.45) is 0 Å². The molecular weight excluding hydrogens is 158 g/mol. The Balaban J connectivity index is 2.47. The topological polar surface area (TPSA) is 29.1 Å². The summed E-state index contributed by atoms with van der Waals surface area (Å²) in [5.41, 5.74) is 0. The summed E-state index contributed by atoms with van der Waals surface area (Å²) in [4.78, 5) is 11.7. The normalized spacial score (nSPS) is 12.8. The molecule has 0 spiro atoms. The molecule has 0 saturated carbocycles. The molecule has 0 unspecified atom stereocenters. The summed E-state index contributed by atoms with van der Waals surface area (Å²) < 4.78 is 0. The van der Waals surface area contributed by atoms with Crippen LogP contribution in [-0.2, 0) is 11.2 Å². The van der Waals surface area contributed by atoms with Crippen LogP contribution < -0.4 is 5.32 Å². The number of carbonyl (C=O) groups excluding carboxylic acids is 1. The molecule has 0 radical (unpaired) electrons. The molecule has 1 aromatic rings. The lowest BCUT2D eigenvalue weighted by Crippen LogP contribution is -2.28. The molecule has 0 amide bonds. The van der Waals surface area contributed by atoms with Crippen LogP contribution in [0.3, 0.4) is 0 Å². The molecule has 0 aromatic carbocycles. The van der Waals surface area contributed by atoms with Crippen molar-refractivity contribution in [1.29, 1.82) is 0 Å². The van der Waals surface area contributed by atoms with E-state index in [9.17, 15) is 4.79 Å². The van der Waals surface area contributed by atoms with Crippen molar-refractivity contribution in [3.63, 3.8) is 0 Å². The lowest BCUT2D eigenvalue weighted by atomic mass is 10.2. The van der Waals surface area contributed by atoms with E-state index >= 15 is 0 Å². The van der Waals surface area contributed by atoms with Gasteiger partial charge in [-0.2, -0.15) is 0 Å². The first kappa shape index (κ1) is 8.43. The van der Waals surface area contributed by atoms with Crippen molar-refractivity contribution in [1.82, 2.24) is 5.32 Å². The maximum atomic E-state index is 10.4. The first-order valence-corrected chi connectivity index (χ1v) is 4.39. The summed E-state index contributed by atoms with van der Waals surface area (Å²) in [6.45, 7) is 0. The Morgan fingerprint density at radius 1 is 1.82 bits per heavy atom. The van der Waals surface area contributed by atoms with Crippen molar-refractivity contribution in [2.45, 2.75) is 12.5 Å². The van der Waals surface area contributed by atoms with Crippen molar-refractivity contribution < 1.29 is 4.79 Å². The summed E-state index contributed by atoms with van der Waals surface area (Å²) in [6, 6.07) is 4.00. The molecule has 1 N–H and O–H groups in total. The molecule has 60 valence electrons. The molecule has 0 aliphatic rings. The molecule has 0 aliphatic heterocycles. The molecule has 1 aromatic heterocycles. The molecule has 1 heterocycles. The Morgan fingerprint density at radius 3 is 3.09 bits per heavy atom. The van der Waals surface area contributed by atoms with E-state index in [0.29, 0.717) is 0 Å². The minimum Gasteiger partial charge on any atom is -0.310 e. The van der Waals surface area contributed by atoms with Gasteiger partial charge >= 0.3 is 0 Å². The highest BCUT2D eigenvalue weighted by molar-refractivity contribution is 7.09. The monoisotopic (exact) mass is 169 g/mol. The Hall–Kier alpha value is -0.670. The van der Waals surface area contributed by atoms with Crippen LogP contribution in [0.25, 0.3) is 0 Å². The fourth-order valence-electron chi connectivity index (χ4n) is 0.864. The Labute approximate surface area is 70.2 Å². The molecule has 3 heteroatoms. The Bertz CT molecular complexity index is 208. The maximum Gasteiger partial charge on any atom is 0.137 e. The lowest BCUT2D eigenvalue weighted by molar-refractivity contribution is -0.109. The number of carbonyl (C=O) groups is 1. The minimum absolute atomic E-state index is 0.0337. The summed E-state index contributed by atoms with van der Waals surface area (Å²) in [5, 5.41) is 4.95. The molecule has 0 bridgehead atoms. The summed E-state index contributed by atoms with van der Waals surface area (Å²) in [5.74, 6) is 0.